The summed E-state index contributed by atoms with van der Waals surface area (Å²) in [6.07, 6.45) is 2.58. The van der Waals surface area contributed by atoms with Crippen LogP contribution in [0.1, 0.15) is 0 Å². The zero-order valence-electron chi connectivity index (χ0n) is 5.37. The van der Waals surface area contributed by atoms with Crippen LogP contribution in [0.5, 0.6) is 6.01 Å². The largest absolute Gasteiger partial charge is 0.355 e. The van der Waals surface area contributed by atoms with E-state index in [9.17, 15) is 9.90 Å². The molecule has 0 aliphatic rings. The maximum atomic E-state index is 10.7. The molecule has 0 aromatic carbocycles. The van der Waals surface area contributed by atoms with E-state index in [4.69, 9.17) is 0 Å². The van der Waals surface area contributed by atoms with Crippen LogP contribution in [-0.2, 0) is 5.11 Å². The number of rotatable bonds is 0. The van der Waals surface area contributed by atoms with Crippen LogP contribution in [0.15, 0.2) is 12.4 Å². The van der Waals surface area contributed by atoms with Gasteiger partial charge in [0.2, 0.25) is 0 Å². The quantitative estimate of drug-likeness (QED) is 0.559. The molecule has 1 aromatic heterocycles. The summed E-state index contributed by atoms with van der Waals surface area (Å²) >= 11 is 0. The lowest BCUT2D eigenvalue weighted by Crippen LogP contribution is -2.23. The SMILES string of the molecule is CNC(=O)n1ccnc1[O]. The molecule has 1 aromatic rings. The van der Waals surface area contributed by atoms with Crippen molar-refractivity contribution in [2.24, 2.45) is 0 Å². The van der Waals surface area contributed by atoms with Crippen LogP contribution in [-0.4, -0.2) is 22.6 Å². The van der Waals surface area contributed by atoms with Crippen LogP contribution in [0.4, 0.5) is 4.79 Å². The second-order valence-electron chi connectivity index (χ2n) is 1.63. The van der Waals surface area contributed by atoms with Gasteiger partial charge in [0.1, 0.15) is 0 Å². The molecule has 0 aliphatic heterocycles. The van der Waals surface area contributed by atoms with Gasteiger partial charge in [0.05, 0.1) is 0 Å². The van der Waals surface area contributed by atoms with Crippen LogP contribution < -0.4 is 5.32 Å². The highest BCUT2D eigenvalue weighted by Crippen LogP contribution is 2.02. The minimum absolute atomic E-state index is 0.470. The molecular formula is C5H6N3O2. The van der Waals surface area contributed by atoms with Crippen molar-refractivity contribution in [3.63, 3.8) is 0 Å². The highest BCUT2D eigenvalue weighted by Gasteiger charge is 2.07. The number of imidazole rings is 1. The smallest absolute Gasteiger partial charge is 0.340 e. The monoisotopic (exact) mass is 140 g/mol. The Morgan fingerprint density at radius 3 is 2.90 bits per heavy atom. The molecule has 1 radical (unpaired) electrons. The van der Waals surface area contributed by atoms with Gasteiger partial charge in [0.15, 0.2) is 0 Å². The molecule has 53 valence electrons. The standard InChI is InChI=1S/C5H6N3O2/c1-6-4(9)8-3-2-7-5(8)10/h2-3H,1H3,(H,6,9). The summed E-state index contributed by atoms with van der Waals surface area (Å²) in [6, 6.07) is -1.03. The summed E-state index contributed by atoms with van der Waals surface area (Å²) in [5, 5.41) is 12.9. The molecule has 1 rings (SSSR count). The zero-order chi connectivity index (χ0) is 7.56. The first kappa shape index (κ1) is 6.60. The molecule has 0 aliphatic carbocycles. The summed E-state index contributed by atoms with van der Waals surface area (Å²) in [7, 11) is 1.45. The van der Waals surface area contributed by atoms with Gasteiger partial charge >= 0.3 is 12.0 Å². The van der Waals surface area contributed by atoms with Gasteiger partial charge in [-0.15, -0.1) is 0 Å². The van der Waals surface area contributed by atoms with Crippen molar-refractivity contribution in [3.05, 3.63) is 12.4 Å². The van der Waals surface area contributed by atoms with Crippen LogP contribution in [0.2, 0.25) is 0 Å². The number of nitrogens with zero attached hydrogens (tertiary/aromatic N) is 2. The Bertz CT molecular complexity index is 243. The average Bonchev–Trinajstić information content (AvgIpc) is 2.34. The van der Waals surface area contributed by atoms with Crippen molar-refractivity contribution in [2.75, 3.05) is 7.05 Å². The van der Waals surface area contributed by atoms with Crippen LogP contribution in [0, 0.1) is 0 Å². The second kappa shape index (κ2) is 2.38. The third kappa shape index (κ3) is 0.928. The van der Waals surface area contributed by atoms with Crippen LogP contribution in [0.3, 0.4) is 0 Å². The van der Waals surface area contributed by atoms with Crippen molar-refractivity contribution in [3.8, 4) is 6.01 Å². The second-order valence-corrected chi connectivity index (χ2v) is 1.63. The summed E-state index contributed by atoms with van der Waals surface area (Å²) in [6.45, 7) is 0. The molecule has 10 heavy (non-hydrogen) atoms. The molecule has 1 N–H and O–H groups in total. The first-order valence-electron chi connectivity index (χ1n) is 2.68. The maximum absolute atomic E-state index is 10.7. The summed E-state index contributed by atoms with van der Waals surface area (Å²) < 4.78 is 0.889. The van der Waals surface area contributed by atoms with Gasteiger partial charge in [-0.3, -0.25) is 0 Å². The number of hydrogen-bond acceptors (Lipinski definition) is 2. The van der Waals surface area contributed by atoms with E-state index in [0.29, 0.717) is 0 Å². The molecule has 5 nitrogen and oxygen atoms in total. The summed E-state index contributed by atoms with van der Waals surface area (Å²) in [5.41, 5.74) is 0. The van der Waals surface area contributed by atoms with E-state index >= 15 is 0 Å². The Hall–Kier alpha value is -1.52. The van der Waals surface area contributed by atoms with Crippen molar-refractivity contribution in [1.29, 1.82) is 0 Å². The van der Waals surface area contributed by atoms with Crippen LogP contribution in [0.25, 0.3) is 0 Å². The van der Waals surface area contributed by atoms with Gasteiger partial charge in [-0.1, -0.05) is 0 Å². The Balaban J connectivity index is 2.93. The predicted molar refractivity (Wildman–Crippen MR) is 32.2 cm³/mol. The number of nitrogens with one attached hydrogen (secondary N) is 1. The molecule has 0 atom stereocenters. The molecule has 0 fully saturated rings. The first-order valence-corrected chi connectivity index (χ1v) is 2.68. The van der Waals surface area contributed by atoms with E-state index in [1.54, 1.807) is 0 Å². The predicted octanol–water partition coefficient (Wildman–Crippen LogP) is 0.214. The molecular weight excluding hydrogens is 134 g/mol. The van der Waals surface area contributed by atoms with Crippen molar-refractivity contribution < 1.29 is 9.90 Å². The number of hydrogen-bond donors (Lipinski definition) is 1. The van der Waals surface area contributed by atoms with Gasteiger partial charge in [-0.2, -0.15) is 4.98 Å². The highest BCUT2D eigenvalue weighted by atomic mass is 16.3. The lowest BCUT2D eigenvalue weighted by Gasteiger charge is -1.96. The van der Waals surface area contributed by atoms with Gasteiger partial charge in [0, 0.05) is 19.4 Å². The minimum Gasteiger partial charge on any atom is -0.340 e. The minimum atomic E-state index is -0.556. The van der Waals surface area contributed by atoms with E-state index in [1.165, 1.54) is 19.4 Å². The lowest BCUT2D eigenvalue weighted by atomic mass is 10.8. The van der Waals surface area contributed by atoms with E-state index in [0.717, 1.165) is 4.57 Å². The summed E-state index contributed by atoms with van der Waals surface area (Å²) in [4.78, 5) is 14.0. The molecule has 0 unspecified atom stereocenters. The summed E-state index contributed by atoms with van der Waals surface area (Å²) in [5.74, 6) is 0. The van der Waals surface area contributed by atoms with Crippen molar-refractivity contribution >= 4 is 6.03 Å². The molecule has 0 spiro atoms. The van der Waals surface area contributed by atoms with E-state index < -0.39 is 12.0 Å². The third-order valence-electron chi connectivity index (χ3n) is 1.04. The number of carbonyl (C=O) groups is 1. The van der Waals surface area contributed by atoms with E-state index in [1.807, 2.05) is 0 Å². The Kier molecular flexibility index (Phi) is 1.57. The van der Waals surface area contributed by atoms with Gasteiger partial charge < -0.3 is 5.32 Å². The Labute approximate surface area is 57.3 Å². The number of carbonyl (C=O) groups excluding carboxylic acids is 1. The normalized spacial score (nSPS) is 9.30. The molecule has 1 heterocycles. The topological polar surface area (TPSA) is 66.8 Å². The highest BCUT2D eigenvalue weighted by molar-refractivity contribution is 5.77. The lowest BCUT2D eigenvalue weighted by molar-refractivity contribution is 0.235. The van der Waals surface area contributed by atoms with Gasteiger partial charge in [0.25, 0.3) is 0 Å². The van der Waals surface area contributed by atoms with Crippen molar-refractivity contribution in [2.45, 2.75) is 0 Å². The fourth-order valence-electron chi connectivity index (χ4n) is 0.565. The fourth-order valence-corrected chi connectivity index (χ4v) is 0.565. The van der Waals surface area contributed by atoms with Gasteiger partial charge in [-0.25, -0.2) is 14.5 Å². The van der Waals surface area contributed by atoms with E-state index in [-0.39, 0.29) is 0 Å². The molecule has 1 amide bonds. The first-order chi connectivity index (χ1) is 4.75. The van der Waals surface area contributed by atoms with Gasteiger partial charge in [-0.05, 0) is 0 Å². The molecule has 0 bridgehead atoms. The molecule has 0 saturated heterocycles. The third-order valence-corrected chi connectivity index (χ3v) is 1.04. The number of amides is 1. The Morgan fingerprint density at radius 1 is 1.80 bits per heavy atom. The zero-order valence-corrected chi connectivity index (χ0v) is 5.37. The molecule has 5 heteroatoms. The van der Waals surface area contributed by atoms with Crippen LogP contribution >= 0.6 is 0 Å². The fraction of sp³-hybridized carbons (Fsp3) is 0.200. The molecule has 0 saturated carbocycles. The number of aromatic nitrogens is 2. The Morgan fingerprint density at radius 2 is 2.50 bits per heavy atom. The average molecular weight is 140 g/mol. The maximum Gasteiger partial charge on any atom is 0.355 e. The van der Waals surface area contributed by atoms with Crippen molar-refractivity contribution in [1.82, 2.24) is 14.9 Å². The van der Waals surface area contributed by atoms with E-state index in [2.05, 4.69) is 10.3 Å².